The van der Waals surface area contributed by atoms with Crippen LogP contribution in [0.4, 0.5) is 0 Å². The van der Waals surface area contributed by atoms with E-state index >= 15 is 0 Å². The van der Waals surface area contributed by atoms with Crippen molar-refractivity contribution in [3.05, 3.63) is 23.3 Å². The van der Waals surface area contributed by atoms with Crippen molar-refractivity contribution >= 4 is 5.91 Å². The summed E-state index contributed by atoms with van der Waals surface area (Å²) >= 11 is 0. The average Bonchev–Trinajstić information content (AvgIpc) is 2.42. The van der Waals surface area contributed by atoms with Crippen molar-refractivity contribution in [2.75, 3.05) is 34.0 Å². The first-order valence-electron chi connectivity index (χ1n) is 6.58. The number of hydrogen-bond donors (Lipinski definition) is 1. The van der Waals surface area contributed by atoms with E-state index in [1.165, 1.54) is 0 Å². The average molecular weight is 279 g/mol. The van der Waals surface area contributed by atoms with Crippen LogP contribution in [0.15, 0.2) is 12.1 Å². The highest BCUT2D eigenvalue weighted by atomic mass is 16.5. The van der Waals surface area contributed by atoms with Crippen LogP contribution in [-0.4, -0.2) is 39.9 Å². The fourth-order valence-corrected chi connectivity index (χ4v) is 2.17. The monoisotopic (exact) mass is 279 g/mol. The molecule has 0 unspecified atom stereocenters. The molecule has 2 rings (SSSR count). The molecule has 0 saturated carbocycles. The van der Waals surface area contributed by atoms with E-state index in [9.17, 15) is 4.79 Å². The second-order valence-electron chi connectivity index (χ2n) is 5.49. The number of carbonyl (C=O) groups is 1. The third kappa shape index (κ3) is 2.88. The lowest BCUT2D eigenvalue weighted by Crippen LogP contribution is -2.48. The zero-order chi connectivity index (χ0) is 14.8. The predicted molar refractivity (Wildman–Crippen MR) is 75.5 cm³/mol. The zero-order valence-corrected chi connectivity index (χ0v) is 12.4. The minimum absolute atomic E-state index is 0.0501. The van der Waals surface area contributed by atoms with Crippen LogP contribution in [0.3, 0.4) is 0 Å². The molecule has 1 N–H and O–H groups in total. The first-order chi connectivity index (χ1) is 9.49. The number of methoxy groups -OCH3 is 2. The largest absolute Gasteiger partial charge is 0.496 e. The lowest BCUT2D eigenvalue weighted by molar-refractivity contribution is -0.0978. The molecular formula is C15H21NO4. The Bertz CT molecular complexity index is 484. The van der Waals surface area contributed by atoms with E-state index in [1.54, 1.807) is 26.4 Å². The van der Waals surface area contributed by atoms with Crippen molar-refractivity contribution in [1.82, 2.24) is 5.32 Å². The van der Waals surface area contributed by atoms with Crippen LogP contribution >= 0.6 is 0 Å². The maximum atomic E-state index is 12.2. The van der Waals surface area contributed by atoms with Gasteiger partial charge in [0, 0.05) is 23.1 Å². The first-order valence-corrected chi connectivity index (χ1v) is 6.58. The zero-order valence-electron chi connectivity index (χ0n) is 12.4. The number of rotatable bonds is 5. The highest BCUT2D eigenvalue weighted by Crippen LogP contribution is 2.30. The van der Waals surface area contributed by atoms with E-state index in [0.29, 0.717) is 36.8 Å². The molecule has 0 atom stereocenters. The molecule has 1 aliphatic rings. The number of carbonyl (C=O) groups excluding carboxylic acids is 1. The van der Waals surface area contributed by atoms with Gasteiger partial charge < -0.3 is 19.5 Å². The topological polar surface area (TPSA) is 56.8 Å². The fraction of sp³-hybridized carbons (Fsp3) is 0.533. The molecule has 1 heterocycles. The highest BCUT2D eigenvalue weighted by Gasteiger charge is 2.33. The Hall–Kier alpha value is -1.75. The Balaban J connectivity index is 2.12. The summed E-state index contributed by atoms with van der Waals surface area (Å²) in [4.78, 5) is 12.2. The van der Waals surface area contributed by atoms with Crippen LogP contribution in [0, 0.1) is 12.3 Å². The van der Waals surface area contributed by atoms with Crippen LogP contribution in [0.5, 0.6) is 11.5 Å². The number of nitrogens with one attached hydrogen (secondary N) is 1. The number of ether oxygens (including phenoxy) is 3. The van der Waals surface area contributed by atoms with Gasteiger partial charge >= 0.3 is 0 Å². The van der Waals surface area contributed by atoms with Gasteiger partial charge in [0.2, 0.25) is 0 Å². The molecule has 110 valence electrons. The van der Waals surface area contributed by atoms with Gasteiger partial charge in [0.05, 0.1) is 27.4 Å². The Morgan fingerprint density at radius 3 is 2.25 bits per heavy atom. The van der Waals surface area contributed by atoms with Crippen LogP contribution in [-0.2, 0) is 4.74 Å². The summed E-state index contributed by atoms with van der Waals surface area (Å²) < 4.78 is 15.7. The summed E-state index contributed by atoms with van der Waals surface area (Å²) in [6.07, 6.45) is 0. The van der Waals surface area contributed by atoms with Crippen molar-refractivity contribution in [2.45, 2.75) is 13.8 Å². The Labute approximate surface area is 119 Å². The molecule has 0 spiro atoms. The standard InChI is InChI=1S/C15H21NO4/c1-10-12(18-3)5-11(6-13(10)19-4)14(17)16-7-15(2)8-20-9-15/h5-6H,7-9H2,1-4H3,(H,16,17). The Morgan fingerprint density at radius 2 is 1.85 bits per heavy atom. The van der Waals surface area contributed by atoms with Gasteiger partial charge in [0.15, 0.2) is 0 Å². The number of amides is 1. The molecule has 1 amide bonds. The minimum atomic E-state index is -0.130. The van der Waals surface area contributed by atoms with Crippen molar-refractivity contribution in [1.29, 1.82) is 0 Å². The molecule has 0 aromatic heterocycles. The molecule has 1 aromatic carbocycles. The fourth-order valence-electron chi connectivity index (χ4n) is 2.17. The second kappa shape index (κ2) is 5.71. The minimum Gasteiger partial charge on any atom is -0.496 e. The summed E-state index contributed by atoms with van der Waals surface area (Å²) in [6, 6.07) is 3.46. The van der Waals surface area contributed by atoms with Gasteiger partial charge in [-0.25, -0.2) is 0 Å². The van der Waals surface area contributed by atoms with Gasteiger partial charge in [-0.3, -0.25) is 4.79 Å². The molecule has 0 radical (unpaired) electrons. The summed E-state index contributed by atoms with van der Waals surface area (Å²) in [5.74, 6) is 1.16. The van der Waals surface area contributed by atoms with Gasteiger partial charge in [0.25, 0.3) is 5.91 Å². The quantitative estimate of drug-likeness (QED) is 0.892. The third-order valence-electron chi connectivity index (χ3n) is 3.59. The summed E-state index contributed by atoms with van der Waals surface area (Å²) in [6.45, 7) is 5.96. The summed E-state index contributed by atoms with van der Waals surface area (Å²) in [5, 5.41) is 2.93. The summed E-state index contributed by atoms with van der Waals surface area (Å²) in [7, 11) is 3.16. The van der Waals surface area contributed by atoms with E-state index in [2.05, 4.69) is 12.2 Å². The lowest BCUT2D eigenvalue weighted by atomic mass is 9.88. The van der Waals surface area contributed by atoms with E-state index in [4.69, 9.17) is 14.2 Å². The normalized spacial score (nSPS) is 16.2. The smallest absolute Gasteiger partial charge is 0.251 e. The molecule has 0 bridgehead atoms. The third-order valence-corrected chi connectivity index (χ3v) is 3.59. The lowest BCUT2D eigenvalue weighted by Gasteiger charge is -2.38. The SMILES string of the molecule is COc1cc(C(=O)NCC2(C)COC2)cc(OC)c1C. The van der Waals surface area contributed by atoms with Gasteiger partial charge in [-0.1, -0.05) is 6.92 Å². The van der Waals surface area contributed by atoms with E-state index in [-0.39, 0.29) is 11.3 Å². The Morgan fingerprint density at radius 1 is 1.30 bits per heavy atom. The maximum absolute atomic E-state index is 12.2. The van der Waals surface area contributed by atoms with Gasteiger partial charge in [0.1, 0.15) is 11.5 Å². The van der Waals surface area contributed by atoms with Gasteiger partial charge in [-0.05, 0) is 19.1 Å². The van der Waals surface area contributed by atoms with Crippen LogP contribution in [0.2, 0.25) is 0 Å². The molecule has 1 aromatic rings. The van der Waals surface area contributed by atoms with E-state index in [0.717, 1.165) is 5.56 Å². The van der Waals surface area contributed by atoms with Crippen LogP contribution < -0.4 is 14.8 Å². The Kier molecular flexibility index (Phi) is 4.18. The predicted octanol–water partition coefficient (Wildman–Crippen LogP) is 1.78. The molecule has 20 heavy (non-hydrogen) atoms. The number of benzene rings is 1. The van der Waals surface area contributed by atoms with Crippen molar-refractivity contribution < 1.29 is 19.0 Å². The molecule has 0 aliphatic carbocycles. The van der Waals surface area contributed by atoms with Crippen LogP contribution in [0.1, 0.15) is 22.8 Å². The first kappa shape index (κ1) is 14.7. The molecule has 1 aliphatic heterocycles. The van der Waals surface area contributed by atoms with Crippen molar-refractivity contribution in [3.63, 3.8) is 0 Å². The van der Waals surface area contributed by atoms with Crippen molar-refractivity contribution in [2.24, 2.45) is 5.41 Å². The van der Waals surface area contributed by atoms with Crippen molar-refractivity contribution in [3.8, 4) is 11.5 Å². The van der Waals surface area contributed by atoms with E-state index in [1.807, 2.05) is 6.92 Å². The molecular weight excluding hydrogens is 258 g/mol. The second-order valence-corrected chi connectivity index (χ2v) is 5.49. The van der Waals surface area contributed by atoms with Gasteiger partial charge in [-0.15, -0.1) is 0 Å². The number of hydrogen-bond acceptors (Lipinski definition) is 4. The van der Waals surface area contributed by atoms with E-state index < -0.39 is 0 Å². The molecule has 1 saturated heterocycles. The highest BCUT2D eigenvalue weighted by molar-refractivity contribution is 5.95. The maximum Gasteiger partial charge on any atom is 0.251 e. The van der Waals surface area contributed by atoms with Gasteiger partial charge in [-0.2, -0.15) is 0 Å². The molecule has 5 heteroatoms. The molecule has 5 nitrogen and oxygen atoms in total. The molecule has 1 fully saturated rings. The summed E-state index contributed by atoms with van der Waals surface area (Å²) in [5.41, 5.74) is 1.47. The van der Waals surface area contributed by atoms with Crippen LogP contribution in [0.25, 0.3) is 0 Å².